The van der Waals surface area contributed by atoms with Crippen molar-refractivity contribution >= 4 is 21.7 Å². The average molecular weight is 369 g/mol. The fourth-order valence-corrected chi connectivity index (χ4v) is 3.58. The molecule has 1 aromatic rings. The first kappa shape index (κ1) is 17.9. The molecule has 0 saturated carbocycles. The molecule has 134 valence electrons. The van der Waals surface area contributed by atoms with E-state index in [9.17, 15) is 13.2 Å². The lowest BCUT2D eigenvalue weighted by atomic mass is 10.1. The van der Waals surface area contributed by atoms with Crippen LogP contribution in [0.2, 0.25) is 0 Å². The number of anilines is 1. The van der Waals surface area contributed by atoms with Crippen LogP contribution in [0.25, 0.3) is 11.3 Å². The van der Waals surface area contributed by atoms with Gasteiger partial charge in [0.15, 0.2) is 0 Å². The Balaban J connectivity index is 2.00. The highest BCUT2D eigenvalue weighted by atomic mass is 32.2. The minimum atomic E-state index is -3.97. The standard InChI is InChI=1S/C19H19N3O3S/c1-3-20-18-17(15-7-5-4-6-8-16(15)21-18)19(23)22-26(24,25)14-11-9-13(2)10-12-14/h4-12H,3H2,1-2H3,(H,20,21)(H,22,23). The number of fused-ring (bicyclic) bond motifs is 1. The number of benzene rings is 1. The summed E-state index contributed by atoms with van der Waals surface area (Å²) in [5.41, 5.74) is 2.35. The van der Waals surface area contributed by atoms with Gasteiger partial charge in [-0.15, -0.1) is 0 Å². The van der Waals surface area contributed by atoms with Crippen LogP contribution in [0.3, 0.4) is 0 Å². The Morgan fingerprint density at radius 2 is 1.73 bits per heavy atom. The van der Waals surface area contributed by atoms with E-state index in [2.05, 4.69) is 15.0 Å². The molecular weight excluding hydrogens is 350 g/mol. The number of hydrogen-bond donors (Lipinski definition) is 2. The third-order valence-corrected chi connectivity index (χ3v) is 5.23. The van der Waals surface area contributed by atoms with Gasteiger partial charge in [-0.1, -0.05) is 42.0 Å². The molecule has 1 aliphatic heterocycles. The maximum Gasteiger partial charge on any atom is 0.269 e. The summed E-state index contributed by atoms with van der Waals surface area (Å²) in [4.78, 5) is 17.3. The number of sulfonamides is 1. The van der Waals surface area contributed by atoms with Crippen molar-refractivity contribution in [3.63, 3.8) is 0 Å². The highest BCUT2D eigenvalue weighted by Gasteiger charge is 2.26. The van der Waals surface area contributed by atoms with E-state index in [0.29, 0.717) is 23.6 Å². The molecule has 3 rings (SSSR count). The first-order valence-corrected chi connectivity index (χ1v) is 9.67. The maximum atomic E-state index is 12.8. The molecule has 1 aliphatic carbocycles. The SMILES string of the molecule is CCNc1nc2cccccc-2c1C(=O)NS(=O)(=O)c1ccc(C)cc1. The third-order valence-electron chi connectivity index (χ3n) is 3.88. The highest BCUT2D eigenvalue weighted by Crippen LogP contribution is 2.31. The van der Waals surface area contributed by atoms with Crippen molar-refractivity contribution in [2.75, 3.05) is 11.9 Å². The molecule has 0 aromatic heterocycles. The summed E-state index contributed by atoms with van der Waals surface area (Å²) in [5.74, 6) is -0.347. The summed E-state index contributed by atoms with van der Waals surface area (Å²) in [6, 6.07) is 15.2. The van der Waals surface area contributed by atoms with Crippen LogP contribution in [0.5, 0.6) is 0 Å². The third kappa shape index (κ3) is 3.52. The van der Waals surface area contributed by atoms with Gasteiger partial charge < -0.3 is 5.32 Å². The first-order chi connectivity index (χ1) is 12.4. The Kier molecular flexibility index (Phi) is 4.90. The summed E-state index contributed by atoms with van der Waals surface area (Å²) in [6.07, 6.45) is 0. The summed E-state index contributed by atoms with van der Waals surface area (Å²) in [6.45, 7) is 4.30. The molecule has 0 bridgehead atoms. The molecule has 0 unspecified atom stereocenters. The molecule has 7 heteroatoms. The quantitative estimate of drug-likeness (QED) is 0.722. The fraction of sp³-hybridized carbons (Fsp3) is 0.158. The predicted octanol–water partition coefficient (Wildman–Crippen LogP) is 3.05. The molecule has 0 saturated heterocycles. The van der Waals surface area contributed by atoms with E-state index >= 15 is 0 Å². The van der Waals surface area contributed by atoms with Crippen LogP contribution in [-0.4, -0.2) is 25.9 Å². The number of nitrogens with one attached hydrogen (secondary N) is 2. The van der Waals surface area contributed by atoms with Gasteiger partial charge in [0.2, 0.25) is 0 Å². The summed E-state index contributed by atoms with van der Waals surface area (Å²) >= 11 is 0. The van der Waals surface area contributed by atoms with E-state index in [0.717, 1.165) is 5.56 Å². The van der Waals surface area contributed by atoms with Gasteiger partial charge in [0.1, 0.15) is 5.82 Å². The number of aryl methyl sites for hydroxylation is 1. The lowest BCUT2D eigenvalue weighted by Crippen LogP contribution is -2.31. The number of aromatic nitrogens is 1. The Bertz CT molecular complexity index is 1010. The van der Waals surface area contributed by atoms with Crippen LogP contribution < -0.4 is 10.0 Å². The monoisotopic (exact) mass is 369 g/mol. The Morgan fingerprint density at radius 3 is 2.42 bits per heavy atom. The van der Waals surface area contributed by atoms with E-state index in [-0.39, 0.29) is 10.5 Å². The number of carbonyl (C=O) groups is 1. The molecule has 2 aliphatic rings. The average Bonchev–Trinajstić information content (AvgIpc) is 2.77. The largest absolute Gasteiger partial charge is 0.370 e. The number of carbonyl (C=O) groups excluding carboxylic acids is 1. The van der Waals surface area contributed by atoms with Crippen LogP contribution >= 0.6 is 0 Å². The van der Waals surface area contributed by atoms with E-state index in [1.807, 2.05) is 26.0 Å². The Hall–Kier alpha value is -2.93. The molecule has 0 radical (unpaired) electrons. The Labute approximate surface area is 152 Å². The zero-order chi connectivity index (χ0) is 18.7. The zero-order valence-electron chi connectivity index (χ0n) is 14.5. The number of nitrogens with zero attached hydrogens (tertiary/aromatic N) is 1. The second-order valence-electron chi connectivity index (χ2n) is 5.82. The summed E-state index contributed by atoms with van der Waals surface area (Å²) < 4.78 is 27.2. The zero-order valence-corrected chi connectivity index (χ0v) is 15.3. The lowest BCUT2D eigenvalue weighted by Gasteiger charge is -2.09. The Morgan fingerprint density at radius 1 is 1.04 bits per heavy atom. The van der Waals surface area contributed by atoms with Crippen LogP contribution in [0, 0.1) is 6.92 Å². The lowest BCUT2D eigenvalue weighted by molar-refractivity contribution is 0.0983. The van der Waals surface area contributed by atoms with Crippen molar-refractivity contribution < 1.29 is 13.2 Å². The molecule has 1 heterocycles. The van der Waals surface area contributed by atoms with E-state index in [1.165, 1.54) is 12.1 Å². The second-order valence-corrected chi connectivity index (χ2v) is 7.51. The van der Waals surface area contributed by atoms with Gasteiger partial charge in [-0.25, -0.2) is 18.1 Å². The minimum absolute atomic E-state index is 0.0378. The van der Waals surface area contributed by atoms with Crippen LogP contribution in [-0.2, 0) is 10.0 Å². The van der Waals surface area contributed by atoms with Gasteiger partial charge in [-0.3, -0.25) is 4.79 Å². The molecule has 1 amide bonds. The van der Waals surface area contributed by atoms with E-state index < -0.39 is 15.9 Å². The van der Waals surface area contributed by atoms with Gasteiger partial charge in [-0.05, 0) is 32.0 Å². The van der Waals surface area contributed by atoms with Crippen molar-refractivity contribution in [2.24, 2.45) is 0 Å². The first-order valence-electron chi connectivity index (χ1n) is 8.19. The van der Waals surface area contributed by atoms with Gasteiger partial charge >= 0.3 is 0 Å². The molecule has 6 nitrogen and oxygen atoms in total. The van der Waals surface area contributed by atoms with Gasteiger partial charge in [0.25, 0.3) is 15.9 Å². The normalized spacial score (nSPS) is 11.3. The molecule has 26 heavy (non-hydrogen) atoms. The smallest absolute Gasteiger partial charge is 0.269 e. The van der Waals surface area contributed by atoms with Gasteiger partial charge in [0.05, 0.1) is 16.2 Å². The second kappa shape index (κ2) is 7.13. The predicted molar refractivity (Wildman–Crippen MR) is 101 cm³/mol. The maximum absolute atomic E-state index is 12.8. The van der Waals surface area contributed by atoms with Crippen molar-refractivity contribution in [2.45, 2.75) is 18.7 Å². The van der Waals surface area contributed by atoms with Crippen molar-refractivity contribution in [3.8, 4) is 11.3 Å². The minimum Gasteiger partial charge on any atom is -0.370 e. The summed E-state index contributed by atoms with van der Waals surface area (Å²) in [5, 5.41) is 3.02. The number of rotatable bonds is 5. The molecule has 0 spiro atoms. The summed E-state index contributed by atoms with van der Waals surface area (Å²) in [7, 11) is -3.97. The topological polar surface area (TPSA) is 88.2 Å². The molecular formula is C19H19N3O3S. The van der Waals surface area contributed by atoms with E-state index in [1.54, 1.807) is 30.3 Å². The molecule has 0 atom stereocenters. The van der Waals surface area contributed by atoms with E-state index in [4.69, 9.17) is 0 Å². The van der Waals surface area contributed by atoms with Gasteiger partial charge in [-0.2, -0.15) is 0 Å². The van der Waals surface area contributed by atoms with Crippen LogP contribution in [0.4, 0.5) is 5.82 Å². The fourth-order valence-electron chi connectivity index (χ4n) is 2.63. The van der Waals surface area contributed by atoms with Crippen molar-refractivity contribution in [1.29, 1.82) is 0 Å². The molecule has 0 fully saturated rings. The van der Waals surface area contributed by atoms with Crippen LogP contribution in [0.15, 0.2) is 59.5 Å². The highest BCUT2D eigenvalue weighted by molar-refractivity contribution is 7.90. The van der Waals surface area contributed by atoms with Gasteiger partial charge in [0, 0.05) is 12.1 Å². The molecule has 1 aromatic carbocycles. The number of amides is 1. The molecule has 2 N–H and O–H groups in total. The van der Waals surface area contributed by atoms with Crippen molar-refractivity contribution in [1.82, 2.24) is 9.71 Å². The number of hydrogen-bond acceptors (Lipinski definition) is 5. The van der Waals surface area contributed by atoms with Crippen molar-refractivity contribution in [3.05, 3.63) is 65.7 Å². The van der Waals surface area contributed by atoms with Crippen LogP contribution in [0.1, 0.15) is 22.8 Å².